The Morgan fingerprint density at radius 2 is 1.68 bits per heavy atom. The van der Waals surface area contributed by atoms with E-state index in [0.29, 0.717) is 36.7 Å². The molecule has 0 radical (unpaired) electrons. The van der Waals surface area contributed by atoms with Crippen LogP contribution >= 0.6 is 0 Å². The van der Waals surface area contributed by atoms with Gasteiger partial charge in [-0.2, -0.15) is 0 Å². The van der Waals surface area contributed by atoms with Crippen LogP contribution in [-0.2, 0) is 6.54 Å². The summed E-state index contributed by atoms with van der Waals surface area (Å²) in [5.74, 6) is 1.33. The monoisotopic (exact) mass is 375 g/mol. The molecule has 6 heteroatoms. The Balaban J connectivity index is 1.37. The van der Waals surface area contributed by atoms with Crippen molar-refractivity contribution >= 4 is 23.0 Å². The van der Waals surface area contributed by atoms with Crippen molar-refractivity contribution in [1.29, 1.82) is 0 Å². The molecule has 4 N–H and O–H groups in total. The molecular weight excluding hydrogens is 354 g/mol. The number of fused-ring (bicyclic) bond motifs is 1. The zero-order valence-electron chi connectivity index (χ0n) is 15.3. The van der Waals surface area contributed by atoms with Gasteiger partial charge in [0.15, 0.2) is 11.5 Å². The van der Waals surface area contributed by atoms with Crippen LogP contribution in [-0.4, -0.2) is 19.1 Å². The van der Waals surface area contributed by atoms with Gasteiger partial charge in [0.05, 0.1) is 11.4 Å². The van der Waals surface area contributed by atoms with Crippen LogP contribution in [0.4, 0.5) is 17.1 Å². The highest BCUT2D eigenvalue weighted by Crippen LogP contribution is 2.32. The van der Waals surface area contributed by atoms with Crippen LogP contribution in [0.1, 0.15) is 15.9 Å². The average Bonchev–Trinajstić information content (AvgIpc) is 2.74. The number of amides is 1. The van der Waals surface area contributed by atoms with Crippen LogP contribution in [0.5, 0.6) is 11.5 Å². The van der Waals surface area contributed by atoms with Crippen molar-refractivity contribution in [3.05, 3.63) is 77.9 Å². The standard InChI is InChI=1S/C22H21N3O3/c23-18-3-1-2-4-19(18)25-22(26)16-7-5-15(6-8-16)14-24-17-9-10-20-21(13-17)28-12-11-27-20/h1-10,13,24H,11-12,14,23H2,(H,25,26). The minimum atomic E-state index is -0.191. The molecule has 1 aliphatic heterocycles. The average molecular weight is 375 g/mol. The number of nitrogens with two attached hydrogens (primary N) is 1. The number of benzene rings is 3. The van der Waals surface area contributed by atoms with Gasteiger partial charge in [-0.1, -0.05) is 24.3 Å². The van der Waals surface area contributed by atoms with Crippen molar-refractivity contribution in [1.82, 2.24) is 0 Å². The van der Waals surface area contributed by atoms with E-state index < -0.39 is 0 Å². The maximum absolute atomic E-state index is 12.4. The fourth-order valence-corrected chi connectivity index (χ4v) is 2.94. The van der Waals surface area contributed by atoms with Crippen molar-refractivity contribution in [3.63, 3.8) is 0 Å². The van der Waals surface area contributed by atoms with Gasteiger partial charge in [0, 0.05) is 23.9 Å². The number of hydrogen-bond donors (Lipinski definition) is 3. The van der Waals surface area contributed by atoms with Crippen molar-refractivity contribution < 1.29 is 14.3 Å². The van der Waals surface area contributed by atoms with Crippen LogP contribution in [0, 0.1) is 0 Å². The van der Waals surface area contributed by atoms with Crippen LogP contribution in [0.2, 0.25) is 0 Å². The van der Waals surface area contributed by atoms with E-state index in [-0.39, 0.29) is 5.91 Å². The number of carbonyl (C=O) groups excluding carboxylic acids is 1. The summed E-state index contributed by atoms with van der Waals surface area (Å²) in [7, 11) is 0. The van der Waals surface area contributed by atoms with Gasteiger partial charge in [0.25, 0.3) is 5.91 Å². The topological polar surface area (TPSA) is 85.6 Å². The lowest BCUT2D eigenvalue weighted by molar-refractivity contribution is 0.102. The molecule has 0 unspecified atom stereocenters. The molecule has 1 heterocycles. The Kier molecular flexibility index (Phi) is 5.01. The van der Waals surface area contributed by atoms with Crippen LogP contribution in [0.15, 0.2) is 66.7 Å². The lowest BCUT2D eigenvalue weighted by Gasteiger charge is -2.19. The quantitative estimate of drug-likeness (QED) is 0.589. The number of para-hydroxylation sites is 2. The molecule has 0 saturated carbocycles. The Labute approximate surface area is 163 Å². The van der Waals surface area contributed by atoms with E-state index in [1.165, 1.54) is 0 Å². The summed E-state index contributed by atoms with van der Waals surface area (Å²) in [6, 6.07) is 20.4. The Morgan fingerprint density at radius 1 is 0.929 bits per heavy atom. The molecule has 142 valence electrons. The third-order valence-electron chi connectivity index (χ3n) is 4.46. The predicted octanol–water partition coefficient (Wildman–Crippen LogP) is 3.90. The second kappa shape index (κ2) is 7.92. The Hall–Kier alpha value is -3.67. The lowest BCUT2D eigenvalue weighted by atomic mass is 10.1. The summed E-state index contributed by atoms with van der Waals surface area (Å²) in [6.07, 6.45) is 0. The summed E-state index contributed by atoms with van der Waals surface area (Å²) in [6.45, 7) is 1.78. The number of nitrogens with one attached hydrogen (secondary N) is 2. The number of ether oxygens (including phenoxy) is 2. The van der Waals surface area contributed by atoms with Crippen molar-refractivity contribution in [3.8, 4) is 11.5 Å². The molecule has 0 aliphatic carbocycles. The highest BCUT2D eigenvalue weighted by atomic mass is 16.6. The largest absolute Gasteiger partial charge is 0.486 e. The second-order valence-corrected chi connectivity index (χ2v) is 6.45. The maximum Gasteiger partial charge on any atom is 0.255 e. The molecule has 4 rings (SSSR count). The molecule has 0 saturated heterocycles. The van der Waals surface area contributed by atoms with E-state index in [1.54, 1.807) is 24.3 Å². The van der Waals surface area contributed by atoms with Gasteiger partial charge < -0.3 is 25.8 Å². The first-order valence-corrected chi connectivity index (χ1v) is 9.07. The first kappa shape index (κ1) is 17.7. The van der Waals surface area contributed by atoms with E-state index in [9.17, 15) is 4.79 Å². The van der Waals surface area contributed by atoms with Crippen molar-refractivity contribution in [2.45, 2.75) is 6.54 Å². The molecule has 28 heavy (non-hydrogen) atoms. The molecule has 3 aromatic rings. The van der Waals surface area contributed by atoms with Crippen molar-refractivity contribution in [2.75, 3.05) is 29.6 Å². The zero-order chi connectivity index (χ0) is 19.3. The number of nitrogen functional groups attached to an aromatic ring is 1. The number of rotatable bonds is 5. The van der Waals surface area contributed by atoms with Gasteiger partial charge in [-0.3, -0.25) is 4.79 Å². The van der Waals surface area contributed by atoms with Gasteiger partial charge in [0.2, 0.25) is 0 Å². The molecule has 0 aromatic heterocycles. The lowest BCUT2D eigenvalue weighted by Crippen LogP contribution is -2.15. The molecule has 0 spiro atoms. The van der Waals surface area contributed by atoms with E-state index in [1.807, 2.05) is 42.5 Å². The van der Waals surface area contributed by atoms with Crippen LogP contribution < -0.4 is 25.8 Å². The van der Waals surface area contributed by atoms with E-state index in [0.717, 1.165) is 22.7 Å². The van der Waals surface area contributed by atoms with E-state index >= 15 is 0 Å². The number of carbonyl (C=O) groups is 1. The SMILES string of the molecule is Nc1ccccc1NC(=O)c1ccc(CNc2ccc3c(c2)OCCO3)cc1. The molecule has 1 amide bonds. The molecule has 1 aliphatic rings. The minimum absolute atomic E-state index is 0.191. The van der Waals surface area contributed by atoms with Gasteiger partial charge in [-0.05, 0) is 42.0 Å². The highest BCUT2D eigenvalue weighted by molar-refractivity contribution is 6.05. The van der Waals surface area contributed by atoms with Crippen LogP contribution in [0.25, 0.3) is 0 Å². The molecular formula is C22H21N3O3. The smallest absolute Gasteiger partial charge is 0.255 e. The molecule has 3 aromatic carbocycles. The summed E-state index contributed by atoms with van der Waals surface area (Å²) in [4.78, 5) is 12.4. The third-order valence-corrected chi connectivity index (χ3v) is 4.46. The van der Waals surface area contributed by atoms with Gasteiger partial charge in [0.1, 0.15) is 13.2 Å². The zero-order valence-corrected chi connectivity index (χ0v) is 15.3. The molecule has 0 atom stereocenters. The van der Waals surface area contributed by atoms with Gasteiger partial charge in [-0.25, -0.2) is 0 Å². The maximum atomic E-state index is 12.4. The summed E-state index contributed by atoms with van der Waals surface area (Å²) < 4.78 is 11.1. The van der Waals surface area contributed by atoms with E-state index in [2.05, 4.69) is 10.6 Å². The normalized spacial score (nSPS) is 12.3. The fourth-order valence-electron chi connectivity index (χ4n) is 2.94. The van der Waals surface area contributed by atoms with E-state index in [4.69, 9.17) is 15.2 Å². The fraction of sp³-hybridized carbons (Fsp3) is 0.136. The molecule has 0 fully saturated rings. The van der Waals surface area contributed by atoms with Crippen molar-refractivity contribution in [2.24, 2.45) is 0 Å². The van der Waals surface area contributed by atoms with Gasteiger partial charge >= 0.3 is 0 Å². The van der Waals surface area contributed by atoms with Gasteiger partial charge in [-0.15, -0.1) is 0 Å². The first-order chi connectivity index (χ1) is 13.7. The summed E-state index contributed by atoms with van der Waals surface area (Å²) in [5, 5.41) is 6.18. The summed E-state index contributed by atoms with van der Waals surface area (Å²) in [5.41, 5.74) is 9.60. The first-order valence-electron chi connectivity index (χ1n) is 9.07. The molecule has 6 nitrogen and oxygen atoms in total. The second-order valence-electron chi connectivity index (χ2n) is 6.45. The third kappa shape index (κ3) is 4.01. The highest BCUT2D eigenvalue weighted by Gasteiger charge is 2.12. The summed E-state index contributed by atoms with van der Waals surface area (Å²) >= 11 is 0. The predicted molar refractivity (Wildman–Crippen MR) is 110 cm³/mol. The Morgan fingerprint density at radius 3 is 2.46 bits per heavy atom. The Bertz CT molecular complexity index is 987. The number of anilines is 3. The minimum Gasteiger partial charge on any atom is -0.486 e. The number of hydrogen-bond acceptors (Lipinski definition) is 5. The molecule has 0 bridgehead atoms. The van der Waals surface area contributed by atoms with Crippen LogP contribution in [0.3, 0.4) is 0 Å².